The van der Waals surface area contributed by atoms with Crippen LogP contribution in [0.1, 0.15) is 32.3 Å². The highest BCUT2D eigenvalue weighted by molar-refractivity contribution is 8.00. The standard InChI is InChI=1S/C27H31N3O4S/c1-17(19-13-14-19)34-26(33)23-27(2,29-20-11-7-4-8-12-20)16-35-25-22(24(32)30(23)25)28-21(31)15-18-9-5-3-6-10-18/h3-12,17,19,22-23,25,29H,13-16H2,1-2H3,(H,28,31)/t17?,22?,23?,25-,27?/m0/s1. The molecule has 0 radical (unpaired) electrons. The molecule has 1 saturated carbocycles. The van der Waals surface area contributed by atoms with Crippen LogP contribution in [0.5, 0.6) is 0 Å². The predicted molar refractivity (Wildman–Crippen MR) is 136 cm³/mol. The van der Waals surface area contributed by atoms with Gasteiger partial charge in [-0.05, 0) is 50.3 Å². The van der Waals surface area contributed by atoms with Gasteiger partial charge in [-0.15, -0.1) is 11.8 Å². The van der Waals surface area contributed by atoms with Crippen molar-refractivity contribution in [3.63, 3.8) is 0 Å². The van der Waals surface area contributed by atoms with Crippen molar-refractivity contribution in [2.75, 3.05) is 11.1 Å². The molecule has 2 aromatic carbocycles. The van der Waals surface area contributed by atoms with E-state index in [-0.39, 0.29) is 35.7 Å². The summed E-state index contributed by atoms with van der Waals surface area (Å²) in [6.07, 6.45) is 2.17. The van der Waals surface area contributed by atoms with Crippen LogP contribution >= 0.6 is 11.8 Å². The number of hydrogen-bond acceptors (Lipinski definition) is 6. The third-order valence-electron chi connectivity index (χ3n) is 7.05. The number of rotatable bonds is 8. The number of benzene rings is 2. The van der Waals surface area contributed by atoms with Gasteiger partial charge < -0.3 is 20.3 Å². The molecule has 2 aromatic rings. The molecule has 2 saturated heterocycles. The number of carbonyl (C=O) groups excluding carboxylic acids is 3. The highest BCUT2D eigenvalue weighted by atomic mass is 32.2. The number of anilines is 1. The fourth-order valence-corrected chi connectivity index (χ4v) is 6.47. The topological polar surface area (TPSA) is 87.7 Å². The van der Waals surface area contributed by atoms with Crippen molar-refractivity contribution in [3.05, 3.63) is 66.2 Å². The lowest BCUT2D eigenvalue weighted by Crippen LogP contribution is -2.80. The molecule has 2 N–H and O–H groups in total. The van der Waals surface area contributed by atoms with Crippen molar-refractivity contribution in [2.24, 2.45) is 5.92 Å². The largest absolute Gasteiger partial charge is 0.461 e. The second kappa shape index (κ2) is 9.57. The van der Waals surface area contributed by atoms with Gasteiger partial charge in [0.15, 0.2) is 6.04 Å². The van der Waals surface area contributed by atoms with E-state index in [0.717, 1.165) is 24.1 Å². The summed E-state index contributed by atoms with van der Waals surface area (Å²) in [6, 6.07) is 17.7. The summed E-state index contributed by atoms with van der Waals surface area (Å²) in [5.74, 6) is 0.151. The number of thioether (sulfide) groups is 1. The average Bonchev–Trinajstić information content (AvgIpc) is 3.69. The zero-order valence-electron chi connectivity index (χ0n) is 20.0. The number of carbonyl (C=O) groups is 3. The van der Waals surface area contributed by atoms with Gasteiger partial charge in [0.25, 0.3) is 0 Å². The number of fused-ring (bicyclic) bond motifs is 1. The van der Waals surface area contributed by atoms with E-state index >= 15 is 0 Å². The van der Waals surface area contributed by atoms with Crippen LogP contribution in [0.25, 0.3) is 0 Å². The molecule has 8 heteroatoms. The Kier molecular flexibility index (Phi) is 6.49. The number of β-lactam (4-membered cyclic amide) rings is 1. The number of para-hydroxylation sites is 1. The Labute approximate surface area is 210 Å². The molecule has 4 unspecified atom stereocenters. The first-order valence-electron chi connectivity index (χ1n) is 12.2. The van der Waals surface area contributed by atoms with Gasteiger partial charge in [0.1, 0.15) is 17.5 Å². The number of ether oxygens (including phenoxy) is 1. The zero-order valence-corrected chi connectivity index (χ0v) is 20.8. The van der Waals surface area contributed by atoms with Crippen LogP contribution in [0, 0.1) is 5.92 Å². The SMILES string of the molecule is CC(OC(=O)C1N2C(=O)C(NC(=O)Cc3ccccc3)[C@@H]2SCC1(C)Nc1ccccc1)C1CC1. The monoisotopic (exact) mass is 493 g/mol. The van der Waals surface area contributed by atoms with Gasteiger partial charge in [-0.25, -0.2) is 4.79 Å². The molecule has 7 nitrogen and oxygen atoms in total. The highest BCUT2D eigenvalue weighted by Gasteiger charge is 2.62. The summed E-state index contributed by atoms with van der Waals surface area (Å²) in [7, 11) is 0. The minimum Gasteiger partial charge on any atom is -0.461 e. The minimum atomic E-state index is -0.787. The molecule has 2 aliphatic heterocycles. The van der Waals surface area contributed by atoms with Crippen LogP contribution < -0.4 is 10.6 Å². The molecule has 0 aromatic heterocycles. The van der Waals surface area contributed by atoms with Crippen molar-refractivity contribution >= 4 is 35.2 Å². The summed E-state index contributed by atoms with van der Waals surface area (Å²) < 4.78 is 5.87. The van der Waals surface area contributed by atoms with E-state index in [2.05, 4.69) is 10.6 Å². The van der Waals surface area contributed by atoms with Crippen LogP contribution in [-0.2, 0) is 25.5 Å². The van der Waals surface area contributed by atoms with Crippen molar-refractivity contribution < 1.29 is 19.1 Å². The van der Waals surface area contributed by atoms with Crippen molar-refractivity contribution in [1.29, 1.82) is 0 Å². The molecule has 1 aliphatic carbocycles. The van der Waals surface area contributed by atoms with E-state index in [1.807, 2.05) is 74.5 Å². The number of hydrogen-bond donors (Lipinski definition) is 2. The molecule has 2 amide bonds. The second-order valence-corrected chi connectivity index (χ2v) is 11.1. The highest BCUT2D eigenvalue weighted by Crippen LogP contribution is 2.44. The molecule has 5 rings (SSSR count). The van der Waals surface area contributed by atoms with E-state index < -0.39 is 17.6 Å². The Morgan fingerprint density at radius 1 is 1.11 bits per heavy atom. The second-order valence-electron chi connectivity index (χ2n) is 9.95. The van der Waals surface area contributed by atoms with Crippen LogP contribution in [-0.4, -0.2) is 57.5 Å². The van der Waals surface area contributed by atoms with E-state index in [4.69, 9.17) is 4.74 Å². The lowest BCUT2D eigenvalue weighted by molar-refractivity contribution is -0.171. The number of nitrogens with zero attached hydrogens (tertiary/aromatic N) is 1. The van der Waals surface area contributed by atoms with Crippen LogP contribution in [0.2, 0.25) is 0 Å². The maximum absolute atomic E-state index is 13.5. The van der Waals surface area contributed by atoms with Gasteiger partial charge in [-0.1, -0.05) is 48.5 Å². The fraction of sp³-hybridized carbons (Fsp3) is 0.444. The maximum Gasteiger partial charge on any atom is 0.331 e. The van der Waals surface area contributed by atoms with Gasteiger partial charge in [0.2, 0.25) is 11.8 Å². The smallest absolute Gasteiger partial charge is 0.331 e. The predicted octanol–water partition coefficient (Wildman–Crippen LogP) is 3.21. The zero-order chi connectivity index (χ0) is 24.6. The van der Waals surface area contributed by atoms with E-state index in [1.165, 1.54) is 0 Å². The molecular weight excluding hydrogens is 462 g/mol. The molecular formula is C27H31N3O4S. The van der Waals surface area contributed by atoms with Crippen LogP contribution in [0.15, 0.2) is 60.7 Å². The lowest BCUT2D eigenvalue weighted by atomic mass is 9.87. The Morgan fingerprint density at radius 3 is 2.43 bits per heavy atom. The van der Waals surface area contributed by atoms with Crippen molar-refractivity contribution in [1.82, 2.24) is 10.2 Å². The number of nitrogens with one attached hydrogen (secondary N) is 2. The van der Waals surface area contributed by atoms with Crippen molar-refractivity contribution in [3.8, 4) is 0 Å². The van der Waals surface area contributed by atoms with Gasteiger partial charge in [-0.3, -0.25) is 9.59 Å². The summed E-state index contributed by atoms with van der Waals surface area (Å²) >= 11 is 1.58. The Balaban J connectivity index is 1.33. The molecule has 3 aliphatic rings. The maximum atomic E-state index is 13.5. The fourth-order valence-electron chi connectivity index (χ4n) is 4.96. The summed E-state index contributed by atoms with van der Waals surface area (Å²) in [4.78, 5) is 41.1. The molecule has 184 valence electrons. The summed E-state index contributed by atoms with van der Waals surface area (Å²) in [5, 5.41) is 6.09. The Bertz CT molecular complexity index is 1090. The van der Waals surface area contributed by atoms with Crippen LogP contribution in [0.4, 0.5) is 5.69 Å². The minimum absolute atomic E-state index is 0.172. The van der Waals surface area contributed by atoms with E-state index in [9.17, 15) is 14.4 Å². The van der Waals surface area contributed by atoms with Crippen molar-refractivity contribution in [2.45, 2.75) is 62.2 Å². The normalized spacial score (nSPS) is 28.3. The first kappa shape index (κ1) is 23.7. The first-order chi connectivity index (χ1) is 16.9. The molecule has 35 heavy (non-hydrogen) atoms. The number of esters is 1. The van der Waals surface area contributed by atoms with Gasteiger partial charge in [0.05, 0.1) is 12.0 Å². The van der Waals surface area contributed by atoms with E-state index in [0.29, 0.717) is 11.7 Å². The molecule has 2 heterocycles. The molecule has 5 atom stereocenters. The third-order valence-corrected chi connectivity index (χ3v) is 8.66. The molecule has 3 fully saturated rings. The van der Waals surface area contributed by atoms with Gasteiger partial charge in [0, 0.05) is 11.4 Å². The first-order valence-corrected chi connectivity index (χ1v) is 13.2. The third kappa shape index (κ3) is 4.89. The number of amides is 2. The quantitative estimate of drug-likeness (QED) is 0.434. The molecule has 0 bridgehead atoms. The summed E-state index contributed by atoms with van der Waals surface area (Å²) in [5.41, 5.74) is 1.04. The Hall–Kier alpha value is -3.00. The Morgan fingerprint density at radius 2 is 1.77 bits per heavy atom. The lowest BCUT2D eigenvalue weighted by Gasteiger charge is -2.58. The summed E-state index contributed by atoms with van der Waals surface area (Å²) in [6.45, 7) is 3.89. The average molecular weight is 494 g/mol. The van der Waals surface area contributed by atoms with E-state index in [1.54, 1.807) is 16.7 Å². The van der Waals surface area contributed by atoms with Gasteiger partial charge in [-0.2, -0.15) is 0 Å². The molecule has 0 spiro atoms. The van der Waals surface area contributed by atoms with Crippen LogP contribution in [0.3, 0.4) is 0 Å². The van der Waals surface area contributed by atoms with Gasteiger partial charge >= 0.3 is 5.97 Å².